The Labute approximate surface area is 184 Å². The van der Waals surface area contributed by atoms with Crippen molar-refractivity contribution in [3.8, 4) is 17.3 Å². The molecule has 0 saturated heterocycles. The number of rotatable bonds is 10. The fourth-order valence-electron chi connectivity index (χ4n) is 3.22. The van der Waals surface area contributed by atoms with E-state index in [0.717, 1.165) is 35.8 Å². The number of hydrogen-bond donors (Lipinski definition) is 0. The number of carbonyl (C=O) groups is 1. The van der Waals surface area contributed by atoms with Gasteiger partial charge < -0.3 is 18.3 Å². The van der Waals surface area contributed by atoms with Crippen LogP contribution in [0.3, 0.4) is 0 Å². The summed E-state index contributed by atoms with van der Waals surface area (Å²) in [5.41, 5.74) is -0.958. The summed E-state index contributed by atoms with van der Waals surface area (Å²) in [4.78, 5) is 11.7. The van der Waals surface area contributed by atoms with E-state index < -0.39 is 17.2 Å². The zero-order valence-electron chi connectivity index (χ0n) is 19.1. The van der Waals surface area contributed by atoms with E-state index in [1.165, 1.54) is 12.8 Å². The van der Waals surface area contributed by atoms with E-state index in [0.29, 0.717) is 17.1 Å². The molecule has 3 rings (SSSR count). The number of hydrogen-bond acceptors (Lipinski definition) is 5. The highest BCUT2D eigenvalue weighted by atomic mass is 16.6. The minimum atomic E-state index is -0.871. The second-order valence-corrected chi connectivity index (χ2v) is 8.78. The molecule has 0 aliphatic carbocycles. The summed E-state index contributed by atoms with van der Waals surface area (Å²) in [5, 5.41) is 0.960. The highest BCUT2D eigenvalue weighted by Crippen LogP contribution is 2.35. The van der Waals surface area contributed by atoms with Gasteiger partial charge >= 0.3 is 5.97 Å². The normalized spacial score (nSPS) is 12.2. The molecule has 31 heavy (non-hydrogen) atoms. The molecule has 0 fully saturated rings. The van der Waals surface area contributed by atoms with Crippen LogP contribution >= 0.6 is 0 Å². The Bertz CT molecular complexity index is 1050. The molecule has 5 heteroatoms. The molecule has 0 aliphatic heterocycles. The average molecular weight is 425 g/mol. The summed E-state index contributed by atoms with van der Waals surface area (Å²) in [6.07, 6.45) is 5.60. The van der Waals surface area contributed by atoms with E-state index in [2.05, 4.69) is 13.5 Å². The largest absolute Gasteiger partial charge is 0.484 e. The molecule has 166 valence electrons. The highest BCUT2D eigenvalue weighted by molar-refractivity contribution is 5.83. The summed E-state index contributed by atoms with van der Waals surface area (Å²) in [5.74, 6) is 2.53. The van der Waals surface area contributed by atoms with Crippen molar-refractivity contribution < 1.29 is 23.1 Å². The predicted molar refractivity (Wildman–Crippen MR) is 122 cm³/mol. The highest BCUT2D eigenvalue weighted by Gasteiger charge is 2.42. The molecule has 0 aliphatic rings. The third-order valence-electron chi connectivity index (χ3n) is 5.77. The second kappa shape index (κ2) is 9.04. The average Bonchev–Trinajstić information content (AvgIpc) is 3.33. The molecule has 1 aromatic carbocycles. The summed E-state index contributed by atoms with van der Waals surface area (Å²) in [6, 6.07) is 11.6. The molecular formula is C26H32O5. The van der Waals surface area contributed by atoms with Gasteiger partial charge in [0.25, 0.3) is 0 Å². The first kappa shape index (κ1) is 22.7. The minimum Gasteiger partial charge on any atom is -0.484 e. The monoisotopic (exact) mass is 424 g/mol. The van der Waals surface area contributed by atoms with E-state index in [4.69, 9.17) is 18.3 Å². The first-order valence-electron chi connectivity index (χ1n) is 10.8. The standard InChI is InChI=1S/C26H32O5/c1-7-9-10-11-19-14-15-21(28-19)23-16-18-12-13-20(17-22(18)29-23)30-25(3,4)26(5,6)31-24(27)8-2/h8,12-17H,2,7,9-11H2,1,3-6H3. The van der Waals surface area contributed by atoms with Gasteiger partial charge in [0.1, 0.15) is 28.3 Å². The van der Waals surface area contributed by atoms with Crippen LogP contribution in [0.1, 0.15) is 59.6 Å². The molecule has 0 unspecified atom stereocenters. The van der Waals surface area contributed by atoms with Crippen molar-refractivity contribution in [2.45, 2.75) is 71.5 Å². The number of carbonyl (C=O) groups excluding carboxylic acids is 1. The fraction of sp³-hybridized carbons (Fsp3) is 0.423. The van der Waals surface area contributed by atoms with Crippen LogP contribution in [0.25, 0.3) is 22.5 Å². The zero-order chi connectivity index (χ0) is 22.6. The second-order valence-electron chi connectivity index (χ2n) is 8.78. The van der Waals surface area contributed by atoms with Crippen LogP contribution in [0.2, 0.25) is 0 Å². The molecule has 0 saturated carbocycles. The number of ether oxygens (including phenoxy) is 2. The first-order chi connectivity index (χ1) is 14.6. The van der Waals surface area contributed by atoms with Crippen molar-refractivity contribution in [3.05, 3.63) is 54.8 Å². The summed E-state index contributed by atoms with van der Waals surface area (Å²) in [7, 11) is 0. The van der Waals surface area contributed by atoms with E-state index in [9.17, 15) is 4.79 Å². The number of aryl methyl sites for hydroxylation is 1. The van der Waals surface area contributed by atoms with Crippen LogP contribution in [0.4, 0.5) is 0 Å². The van der Waals surface area contributed by atoms with Crippen molar-refractivity contribution in [1.29, 1.82) is 0 Å². The smallest absolute Gasteiger partial charge is 0.330 e. The van der Waals surface area contributed by atoms with Gasteiger partial charge in [-0.2, -0.15) is 0 Å². The summed E-state index contributed by atoms with van der Waals surface area (Å²) in [6.45, 7) is 13.0. The molecule has 0 spiro atoms. The maximum absolute atomic E-state index is 11.7. The van der Waals surface area contributed by atoms with Gasteiger partial charge in [0.05, 0.1) is 0 Å². The third-order valence-corrected chi connectivity index (χ3v) is 5.77. The Balaban J connectivity index is 1.78. The van der Waals surface area contributed by atoms with Gasteiger partial charge in [-0.25, -0.2) is 4.79 Å². The number of benzene rings is 1. The van der Waals surface area contributed by atoms with Crippen molar-refractivity contribution in [1.82, 2.24) is 0 Å². The topological polar surface area (TPSA) is 61.8 Å². The van der Waals surface area contributed by atoms with E-state index in [1.807, 2.05) is 64.1 Å². The summed E-state index contributed by atoms with van der Waals surface area (Å²) >= 11 is 0. The molecule has 3 aromatic rings. The van der Waals surface area contributed by atoms with Crippen LogP contribution in [0, 0.1) is 0 Å². The van der Waals surface area contributed by atoms with Gasteiger partial charge in [0.15, 0.2) is 11.5 Å². The minimum absolute atomic E-state index is 0.486. The zero-order valence-corrected chi connectivity index (χ0v) is 19.1. The predicted octanol–water partition coefficient (Wildman–Crippen LogP) is 7.09. The Morgan fingerprint density at radius 1 is 1.00 bits per heavy atom. The maximum Gasteiger partial charge on any atom is 0.330 e. The first-order valence-corrected chi connectivity index (χ1v) is 10.8. The van der Waals surface area contributed by atoms with Gasteiger partial charge in [-0.15, -0.1) is 0 Å². The van der Waals surface area contributed by atoms with Crippen LogP contribution < -0.4 is 4.74 Å². The van der Waals surface area contributed by atoms with Gasteiger partial charge in [0, 0.05) is 23.9 Å². The lowest BCUT2D eigenvalue weighted by Gasteiger charge is -2.40. The fourth-order valence-corrected chi connectivity index (χ4v) is 3.22. The van der Waals surface area contributed by atoms with Crippen molar-refractivity contribution in [3.63, 3.8) is 0 Å². The molecule has 5 nitrogen and oxygen atoms in total. The van der Waals surface area contributed by atoms with E-state index >= 15 is 0 Å². The Hall–Kier alpha value is -2.95. The van der Waals surface area contributed by atoms with E-state index in [1.54, 1.807) is 0 Å². The van der Waals surface area contributed by atoms with Gasteiger partial charge in [-0.1, -0.05) is 26.3 Å². The van der Waals surface area contributed by atoms with Gasteiger partial charge in [-0.05, 0) is 64.4 Å². The van der Waals surface area contributed by atoms with Crippen molar-refractivity contribution >= 4 is 16.9 Å². The number of unbranched alkanes of at least 4 members (excludes halogenated alkanes) is 2. The number of esters is 1. The van der Waals surface area contributed by atoms with Crippen molar-refractivity contribution in [2.75, 3.05) is 0 Å². The van der Waals surface area contributed by atoms with Crippen LogP contribution in [-0.2, 0) is 16.0 Å². The quantitative estimate of drug-likeness (QED) is 0.197. The van der Waals surface area contributed by atoms with E-state index in [-0.39, 0.29) is 0 Å². The number of fused-ring (bicyclic) bond motifs is 1. The van der Waals surface area contributed by atoms with Gasteiger partial charge in [0.2, 0.25) is 0 Å². The molecule has 2 heterocycles. The molecule has 0 bridgehead atoms. The lowest BCUT2D eigenvalue weighted by molar-refractivity contribution is -0.170. The Morgan fingerprint density at radius 3 is 2.48 bits per heavy atom. The van der Waals surface area contributed by atoms with Crippen LogP contribution in [-0.4, -0.2) is 17.2 Å². The lowest BCUT2D eigenvalue weighted by Crippen LogP contribution is -2.52. The van der Waals surface area contributed by atoms with Crippen molar-refractivity contribution in [2.24, 2.45) is 0 Å². The van der Waals surface area contributed by atoms with Gasteiger partial charge in [-0.3, -0.25) is 0 Å². The summed E-state index contributed by atoms with van der Waals surface area (Å²) < 4.78 is 23.7. The number of furan rings is 2. The molecule has 2 aromatic heterocycles. The Morgan fingerprint density at radius 2 is 1.77 bits per heavy atom. The SMILES string of the molecule is C=CC(=O)OC(C)(C)C(C)(C)Oc1ccc2cc(-c3ccc(CCCCC)o3)oc2c1. The van der Waals surface area contributed by atoms with Crippen LogP contribution in [0.5, 0.6) is 5.75 Å². The molecule has 0 radical (unpaired) electrons. The maximum atomic E-state index is 11.7. The lowest BCUT2D eigenvalue weighted by atomic mass is 9.89. The molecule has 0 N–H and O–H groups in total. The van der Waals surface area contributed by atoms with Crippen LogP contribution in [0.15, 0.2) is 57.9 Å². The third kappa shape index (κ3) is 5.22. The Kier molecular flexibility index (Phi) is 6.63. The molecule has 0 amide bonds. The molecule has 0 atom stereocenters. The molecular weight excluding hydrogens is 392 g/mol.